The third-order valence-corrected chi connectivity index (χ3v) is 4.06. The van der Waals surface area contributed by atoms with E-state index < -0.39 is 5.41 Å². The fourth-order valence-corrected chi connectivity index (χ4v) is 2.51. The lowest BCUT2D eigenvalue weighted by Crippen LogP contribution is -2.48. The van der Waals surface area contributed by atoms with Crippen molar-refractivity contribution in [3.63, 3.8) is 0 Å². The molecule has 4 nitrogen and oxygen atoms in total. The molecule has 0 radical (unpaired) electrons. The molecule has 2 rings (SSSR count). The Balaban J connectivity index is 2.04. The van der Waals surface area contributed by atoms with Gasteiger partial charge in [-0.1, -0.05) is 17.7 Å². The SMILES string of the molecule is Cc1ccc(NC(=O)C(C)(C)C(=O)N2CCCCC2)cc1. The Hall–Kier alpha value is -1.84. The zero-order chi connectivity index (χ0) is 15.5. The van der Waals surface area contributed by atoms with Gasteiger partial charge in [-0.2, -0.15) is 0 Å². The minimum absolute atomic E-state index is 0.0770. The lowest BCUT2D eigenvalue weighted by atomic mass is 9.89. The van der Waals surface area contributed by atoms with Crippen LogP contribution < -0.4 is 5.32 Å². The Kier molecular flexibility index (Phi) is 4.66. The first-order valence-corrected chi connectivity index (χ1v) is 7.59. The van der Waals surface area contributed by atoms with Crippen LogP contribution in [0.3, 0.4) is 0 Å². The molecular formula is C17H24N2O2. The van der Waals surface area contributed by atoms with Gasteiger partial charge < -0.3 is 10.2 Å². The van der Waals surface area contributed by atoms with Crippen molar-refractivity contribution in [2.45, 2.75) is 40.0 Å². The molecule has 21 heavy (non-hydrogen) atoms. The number of hydrogen-bond donors (Lipinski definition) is 1. The van der Waals surface area contributed by atoms with Crippen LogP contribution in [0.15, 0.2) is 24.3 Å². The minimum Gasteiger partial charge on any atom is -0.342 e. The zero-order valence-corrected chi connectivity index (χ0v) is 13.1. The highest BCUT2D eigenvalue weighted by Gasteiger charge is 2.39. The predicted octanol–water partition coefficient (Wildman–Crippen LogP) is 2.97. The molecule has 0 bridgehead atoms. The number of aryl methyl sites for hydroxylation is 1. The van der Waals surface area contributed by atoms with Crippen molar-refractivity contribution >= 4 is 17.5 Å². The smallest absolute Gasteiger partial charge is 0.239 e. The summed E-state index contributed by atoms with van der Waals surface area (Å²) < 4.78 is 0. The summed E-state index contributed by atoms with van der Waals surface area (Å²) in [6.07, 6.45) is 3.22. The number of anilines is 1. The van der Waals surface area contributed by atoms with Gasteiger partial charge in [-0.25, -0.2) is 0 Å². The Morgan fingerprint density at radius 2 is 1.62 bits per heavy atom. The second-order valence-corrected chi connectivity index (χ2v) is 6.30. The molecule has 0 spiro atoms. The van der Waals surface area contributed by atoms with E-state index in [1.807, 2.05) is 36.1 Å². The number of benzene rings is 1. The maximum absolute atomic E-state index is 12.6. The fourth-order valence-electron chi connectivity index (χ4n) is 2.51. The molecule has 1 fully saturated rings. The standard InChI is InChI=1S/C17H24N2O2/c1-13-7-9-14(10-8-13)18-15(20)17(2,3)16(21)19-11-5-4-6-12-19/h7-10H,4-6,11-12H2,1-3H3,(H,18,20). The molecule has 4 heteroatoms. The van der Waals surface area contributed by atoms with Gasteiger partial charge in [0.05, 0.1) is 0 Å². The quantitative estimate of drug-likeness (QED) is 0.869. The summed E-state index contributed by atoms with van der Waals surface area (Å²) in [5, 5.41) is 2.84. The molecule has 1 N–H and O–H groups in total. The number of amides is 2. The monoisotopic (exact) mass is 288 g/mol. The van der Waals surface area contributed by atoms with E-state index in [1.54, 1.807) is 13.8 Å². The number of rotatable bonds is 3. The average molecular weight is 288 g/mol. The topological polar surface area (TPSA) is 49.4 Å². The molecule has 0 aromatic heterocycles. The molecule has 1 aromatic rings. The number of nitrogens with one attached hydrogen (secondary N) is 1. The Morgan fingerprint density at radius 1 is 1.05 bits per heavy atom. The molecule has 0 atom stereocenters. The molecular weight excluding hydrogens is 264 g/mol. The van der Waals surface area contributed by atoms with Crippen molar-refractivity contribution in [2.75, 3.05) is 18.4 Å². The van der Waals surface area contributed by atoms with Gasteiger partial charge in [0.2, 0.25) is 11.8 Å². The van der Waals surface area contributed by atoms with E-state index >= 15 is 0 Å². The van der Waals surface area contributed by atoms with E-state index in [0.717, 1.165) is 37.2 Å². The van der Waals surface area contributed by atoms with Gasteiger partial charge in [0.25, 0.3) is 0 Å². The summed E-state index contributed by atoms with van der Waals surface area (Å²) in [5.41, 5.74) is 0.823. The van der Waals surface area contributed by atoms with Crippen LogP contribution in [0.5, 0.6) is 0 Å². The van der Waals surface area contributed by atoms with Gasteiger partial charge in [0.1, 0.15) is 5.41 Å². The van der Waals surface area contributed by atoms with Crippen LogP contribution in [0.1, 0.15) is 38.7 Å². The van der Waals surface area contributed by atoms with E-state index in [-0.39, 0.29) is 11.8 Å². The molecule has 2 amide bonds. The first-order chi connectivity index (χ1) is 9.91. The number of hydrogen-bond acceptors (Lipinski definition) is 2. The Labute approximate surface area is 126 Å². The Bertz CT molecular complexity index is 514. The number of nitrogens with zero attached hydrogens (tertiary/aromatic N) is 1. The maximum Gasteiger partial charge on any atom is 0.239 e. The summed E-state index contributed by atoms with van der Waals surface area (Å²) in [6, 6.07) is 7.59. The van der Waals surface area contributed by atoms with Crippen molar-refractivity contribution in [1.82, 2.24) is 4.90 Å². The van der Waals surface area contributed by atoms with Gasteiger partial charge in [-0.05, 0) is 52.2 Å². The number of piperidine rings is 1. The van der Waals surface area contributed by atoms with E-state index in [9.17, 15) is 9.59 Å². The molecule has 1 saturated heterocycles. The molecule has 114 valence electrons. The molecule has 0 unspecified atom stereocenters. The summed E-state index contributed by atoms with van der Waals surface area (Å²) in [5.74, 6) is -0.325. The van der Waals surface area contributed by atoms with E-state index in [2.05, 4.69) is 5.32 Å². The minimum atomic E-state index is -1.04. The van der Waals surface area contributed by atoms with Crippen LogP contribution in [0, 0.1) is 12.3 Å². The van der Waals surface area contributed by atoms with E-state index in [4.69, 9.17) is 0 Å². The third-order valence-electron chi connectivity index (χ3n) is 4.06. The second-order valence-electron chi connectivity index (χ2n) is 6.30. The van der Waals surface area contributed by atoms with E-state index in [0.29, 0.717) is 0 Å². The lowest BCUT2D eigenvalue weighted by Gasteiger charge is -2.33. The first-order valence-electron chi connectivity index (χ1n) is 7.59. The van der Waals surface area contributed by atoms with Crippen molar-refractivity contribution in [3.8, 4) is 0 Å². The van der Waals surface area contributed by atoms with Crippen molar-refractivity contribution < 1.29 is 9.59 Å². The molecule has 1 aliphatic rings. The highest BCUT2D eigenvalue weighted by molar-refractivity contribution is 6.09. The zero-order valence-electron chi connectivity index (χ0n) is 13.1. The molecule has 1 aliphatic heterocycles. The average Bonchev–Trinajstić information content (AvgIpc) is 2.49. The maximum atomic E-state index is 12.6. The normalized spacial score (nSPS) is 15.7. The third kappa shape index (κ3) is 3.63. The van der Waals surface area contributed by atoms with E-state index in [1.165, 1.54) is 6.42 Å². The van der Waals surface area contributed by atoms with Crippen LogP contribution in [0.4, 0.5) is 5.69 Å². The molecule has 1 aromatic carbocycles. The summed E-state index contributed by atoms with van der Waals surface area (Å²) in [7, 11) is 0. The van der Waals surface area contributed by atoms with Crippen molar-refractivity contribution in [1.29, 1.82) is 0 Å². The predicted molar refractivity (Wildman–Crippen MR) is 84.0 cm³/mol. The van der Waals surface area contributed by atoms with Crippen LogP contribution in [0.2, 0.25) is 0 Å². The molecule has 0 aliphatic carbocycles. The molecule has 1 heterocycles. The highest BCUT2D eigenvalue weighted by Crippen LogP contribution is 2.24. The number of carbonyl (C=O) groups excluding carboxylic acids is 2. The first kappa shape index (κ1) is 15.5. The number of carbonyl (C=O) groups is 2. The van der Waals surface area contributed by atoms with Gasteiger partial charge in [0, 0.05) is 18.8 Å². The summed E-state index contributed by atoms with van der Waals surface area (Å²) in [4.78, 5) is 26.8. The lowest BCUT2D eigenvalue weighted by molar-refractivity contribution is -0.147. The van der Waals surface area contributed by atoms with Gasteiger partial charge >= 0.3 is 0 Å². The van der Waals surface area contributed by atoms with Crippen molar-refractivity contribution in [3.05, 3.63) is 29.8 Å². The molecule has 0 saturated carbocycles. The van der Waals surface area contributed by atoms with Crippen LogP contribution >= 0.6 is 0 Å². The largest absolute Gasteiger partial charge is 0.342 e. The van der Waals surface area contributed by atoms with Crippen molar-refractivity contribution in [2.24, 2.45) is 5.41 Å². The van der Waals surface area contributed by atoms with Crippen LogP contribution in [0.25, 0.3) is 0 Å². The van der Waals surface area contributed by atoms with Gasteiger partial charge in [-0.15, -0.1) is 0 Å². The van der Waals surface area contributed by atoms with Crippen LogP contribution in [-0.4, -0.2) is 29.8 Å². The van der Waals surface area contributed by atoms with Crippen LogP contribution in [-0.2, 0) is 9.59 Å². The highest BCUT2D eigenvalue weighted by atomic mass is 16.2. The summed E-state index contributed by atoms with van der Waals surface area (Å²) >= 11 is 0. The fraction of sp³-hybridized carbons (Fsp3) is 0.529. The van der Waals surface area contributed by atoms with Gasteiger partial charge in [0.15, 0.2) is 0 Å². The number of likely N-dealkylation sites (tertiary alicyclic amines) is 1. The summed E-state index contributed by atoms with van der Waals surface area (Å²) in [6.45, 7) is 6.93. The Morgan fingerprint density at radius 3 is 2.19 bits per heavy atom. The second kappa shape index (κ2) is 6.29. The van der Waals surface area contributed by atoms with Gasteiger partial charge in [-0.3, -0.25) is 9.59 Å².